The minimum absolute atomic E-state index is 0.0789. The molecule has 0 aromatic rings. The molecule has 4 aliphatic carbocycles. The van der Waals surface area contributed by atoms with Crippen molar-refractivity contribution in [2.75, 3.05) is 6.67 Å². The second-order valence-corrected chi connectivity index (χ2v) is 10.6. The molecular weight excluding hydrogens is 423 g/mol. The number of carbonyl (C=O) groups excluding carboxylic acids is 3. The number of rotatable bonds is 4. The smallest absolute Gasteiger partial charge is 0.306 e. The molecule has 0 unspecified atom stereocenters. The van der Waals surface area contributed by atoms with E-state index in [2.05, 4.69) is 0 Å². The van der Waals surface area contributed by atoms with E-state index in [1.807, 2.05) is 19.9 Å². The fraction of sp³-hybridized carbons (Fsp3) is 0.708. The first-order valence-electron chi connectivity index (χ1n) is 11.1. The standard InChI is InChI=1S/C24H30ClFO5/c1-4-19(30)31-24(18(29)12-26)8-6-15-20-16(25)10-13-9-14(27)5-7-22(13,2)21(20)17(28)11-23(15,24)3/h5,7,9,15-17,20-21,28H,4,6,8,10-12H2,1-3H3/t15-,16+,17-,20+,21-,22-,23-,24+/m0/s1. The van der Waals surface area contributed by atoms with E-state index >= 15 is 0 Å². The summed E-state index contributed by atoms with van der Waals surface area (Å²) < 4.78 is 19.4. The number of aliphatic hydroxyl groups is 1. The monoisotopic (exact) mass is 452 g/mol. The highest BCUT2D eigenvalue weighted by molar-refractivity contribution is 6.21. The number of carbonyl (C=O) groups is 3. The number of ketones is 2. The highest BCUT2D eigenvalue weighted by Crippen LogP contribution is 2.68. The van der Waals surface area contributed by atoms with Crippen molar-refractivity contribution in [3.63, 3.8) is 0 Å². The summed E-state index contributed by atoms with van der Waals surface area (Å²) in [7, 11) is 0. The molecule has 8 atom stereocenters. The summed E-state index contributed by atoms with van der Waals surface area (Å²) >= 11 is 6.90. The van der Waals surface area contributed by atoms with E-state index in [-0.39, 0.29) is 48.2 Å². The fourth-order valence-electron chi connectivity index (χ4n) is 7.29. The van der Waals surface area contributed by atoms with Gasteiger partial charge in [-0.05, 0) is 49.7 Å². The molecule has 4 rings (SSSR count). The van der Waals surface area contributed by atoms with Gasteiger partial charge in [0, 0.05) is 28.5 Å². The zero-order chi connectivity index (χ0) is 22.8. The number of halogens is 2. The molecular formula is C24H30ClFO5. The molecule has 0 heterocycles. The van der Waals surface area contributed by atoms with Crippen LogP contribution in [0.25, 0.3) is 0 Å². The van der Waals surface area contributed by atoms with Crippen LogP contribution in [0.4, 0.5) is 4.39 Å². The number of hydrogen-bond donors (Lipinski definition) is 1. The van der Waals surface area contributed by atoms with Gasteiger partial charge < -0.3 is 9.84 Å². The Bertz CT molecular complexity index is 883. The van der Waals surface area contributed by atoms with Crippen molar-refractivity contribution in [2.24, 2.45) is 28.6 Å². The number of hydrogen-bond acceptors (Lipinski definition) is 5. The Balaban J connectivity index is 1.80. The molecule has 0 aliphatic heterocycles. The lowest BCUT2D eigenvalue weighted by Gasteiger charge is -2.61. The van der Waals surface area contributed by atoms with E-state index in [4.69, 9.17) is 16.3 Å². The Hall–Kier alpha value is -1.53. The lowest BCUT2D eigenvalue weighted by atomic mass is 9.46. The largest absolute Gasteiger partial charge is 0.450 e. The van der Waals surface area contributed by atoms with Crippen LogP contribution in [0.5, 0.6) is 0 Å². The normalized spacial score (nSPS) is 45.9. The first-order valence-corrected chi connectivity index (χ1v) is 11.5. The average molecular weight is 453 g/mol. The zero-order valence-electron chi connectivity index (χ0n) is 18.2. The van der Waals surface area contributed by atoms with Crippen molar-refractivity contribution in [3.05, 3.63) is 23.8 Å². The minimum Gasteiger partial charge on any atom is -0.450 e. The van der Waals surface area contributed by atoms with Crippen molar-refractivity contribution in [2.45, 2.75) is 70.0 Å². The van der Waals surface area contributed by atoms with Gasteiger partial charge >= 0.3 is 5.97 Å². The summed E-state index contributed by atoms with van der Waals surface area (Å²) in [5, 5.41) is 11.1. The molecule has 0 bridgehead atoms. The van der Waals surface area contributed by atoms with Gasteiger partial charge in [-0.2, -0.15) is 0 Å². The predicted molar refractivity (Wildman–Crippen MR) is 113 cm³/mol. The van der Waals surface area contributed by atoms with Gasteiger partial charge in [-0.1, -0.05) is 32.4 Å². The Morgan fingerprint density at radius 2 is 2.06 bits per heavy atom. The van der Waals surface area contributed by atoms with Gasteiger partial charge in [0.25, 0.3) is 0 Å². The number of aliphatic hydroxyl groups excluding tert-OH is 1. The highest BCUT2D eigenvalue weighted by atomic mass is 35.5. The molecule has 3 saturated carbocycles. The lowest BCUT2D eigenvalue weighted by molar-refractivity contribution is -0.198. The van der Waals surface area contributed by atoms with Crippen molar-refractivity contribution in [3.8, 4) is 0 Å². The first-order chi connectivity index (χ1) is 14.5. The van der Waals surface area contributed by atoms with Crippen molar-refractivity contribution < 1.29 is 28.6 Å². The summed E-state index contributed by atoms with van der Waals surface area (Å²) in [6.45, 7) is 4.29. The molecule has 0 aromatic heterocycles. The van der Waals surface area contributed by atoms with Crippen LogP contribution in [0.2, 0.25) is 0 Å². The van der Waals surface area contributed by atoms with Crippen LogP contribution < -0.4 is 0 Å². The number of allylic oxidation sites excluding steroid dienone is 4. The highest BCUT2D eigenvalue weighted by Gasteiger charge is 2.71. The van der Waals surface area contributed by atoms with Gasteiger partial charge in [0.1, 0.15) is 0 Å². The summed E-state index contributed by atoms with van der Waals surface area (Å²) in [6, 6.07) is 0. The van der Waals surface area contributed by atoms with Crippen molar-refractivity contribution >= 4 is 29.1 Å². The quantitative estimate of drug-likeness (QED) is 0.519. The summed E-state index contributed by atoms with van der Waals surface area (Å²) in [6.07, 6.45) is 5.80. The first kappa shape index (κ1) is 22.7. The number of alkyl halides is 2. The van der Waals surface area contributed by atoms with E-state index < -0.39 is 41.0 Å². The van der Waals surface area contributed by atoms with Gasteiger partial charge in [-0.15, -0.1) is 11.6 Å². The van der Waals surface area contributed by atoms with Gasteiger partial charge in [0.05, 0.1) is 6.10 Å². The Morgan fingerprint density at radius 3 is 2.71 bits per heavy atom. The summed E-state index contributed by atoms with van der Waals surface area (Å²) in [5.41, 5.74) is -2.09. The second kappa shape index (κ2) is 7.51. The molecule has 5 nitrogen and oxygen atoms in total. The third-order valence-electron chi connectivity index (χ3n) is 8.75. The van der Waals surface area contributed by atoms with Gasteiger partial charge in [-0.25, -0.2) is 4.39 Å². The van der Waals surface area contributed by atoms with E-state index in [1.165, 1.54) is 0 Å². The molecule has 0 aromatic carbocycles. The number of esters is 1. The van der Waals surface area contributed by atoms with Gasteiger partial charge in [0.2, 0.25) is 5.78 Å². The maximum absolute atomic E-state index is 13.7. The Labute approximate surface area is 187 Å². The fourth-order valence-corrected chi connectivity index (χ4v) is 7.78. The average Bonchev–Trinajstić information content (AvgIpc) is 3.00. The Kier molecular flexibility index (Phi) is 5.49. The van der Waals surface area contributed by atoms with E-state index in [9.17, 15) is 23.9 Å². The molecule has 0 radical (unpaired) electrons. The second-order valence-electron chi connectivity index (χ2n) is 10.1. The summed E-state index contributed by atoms with van der Waals surface area (Å²) in [4.78, 5) is 37.1. The van der Waals surface area contributed by atoms with Crippen LogP contribution in [0.1, 0.15) is 52.9 Å². The van der Waals surface area contributed by atoms with Gasteiger partial charge in [0.15, 0.2) is 18.1 Å². The van der Waals surface area contributed by atoms with E-state index in [0.717, 1.165) is 5.57 Å². The van der Waals surface area contributed by atoms with Crippen molar-refractivity contribution in [1.82, 2.24) is 0 Å². The van der Waals surface area contributed by atoms with E-state index in [1.54, 1.807) is 19.1 Å². The van der Waals surface area contributed by atoms with Crippen LogP contribution in [-0.4, -0.2) is 46.4 Å². The van der Waals surface area contributed by atoms with Crippen LogP contribution >= 0.6 is 11.6 Å². The third-order valence-corrected chi connectivity index (χ3v) is 9.20. The van der Waals surface area contributed by atoms with Crippen LogP contribution in [0.15, 0.2) is 23.8 Å². The van der Waals surface area contributed by atoms with E-state index in [0.29, 0.717) is 12.8 Å². The lowest BCUT2D eigenvalue weighted by Crippen LogP contribution is -2.64. The molecule has 3 fully saturated rings. The SMILES string of the molecule is CCC(=O)O[C@@]1(C(=O)CF)CC[C@H]2[C@H]3[C@H]([C@@H](O)C[C@@]21C)[C@@]1(C)C=CC(=O)C=C1C[C@H]3Cl. The Morgan fingerprint density at radius 1 is 1.35 bits per heavy atom. The van der Waals surface area contributed by atoms with Crippen LogP contribution in [0.3, 0.4) is 0 Å². The molecule has 170 valence electrons. The molecule has 7 heteroatoms. The molecule has 4 aliphatic rings. The third kappa shape index (κ3) is 3.01. The van der Waals surface area contributed by atoms with Crippen molar-refractivity contribution in [1.29, 1.82) is 0 Å². The number of Topliss-reactive ketones (excluding diaryl/α,β-unsaturated/α-hetero) is 1. The van der Waals surface area contributed by atoms with Crippen LogP contribution in [-0.2, 0) is 19.1 Å². The zero-order valence-corrected chi connectivity index (χ0v) is 19.0. The number of fused-ring (bicyclic) bond motifs is 5. The molecule has 0 amide bonds. The molecule has 0 saturated heterocycles. The predicted octanol–water partition coefficient (Wildman–Crippen LogP) is 3.71. The van der Waals surface area contributed by atoms with Gasteiger partial charge in [-0.3, -0.25) is 14.4 Å². The molecule has 0 spiro atoms. The minimum atomic E-state index is -1.59. The molecule has 1 N–H and O–H groups in total. The molecule has 31 heavy (non-hydrogen) atoms. The topological polar surface area (TPSA) is 80.7 Å². The maximum atomic E-state index is 13.7. The van der Waals surface area contributed by atoms with Crippen LogP contribution in [0, 0.1) is 28.6 Å². The number of ether oxygens (including phenoxy) is 1. The summed E-state index contributed by atoms with van der Waals surface area (Å²) in [5.74, 6) is -1.88. The maximum Gasteiger partial charge on any atom is 0.306 e.